The largest absolute Gasteiger partial charge is 0.497 e. The Bertz CT molecular complexity index is 2820. The number of benzene rings is 4. The van der Waals surface area contributed by atoms with E-state index in [2.05, 4.69) is 107 Å². The molecule has 8 bridgehead atoms. The van der Waals surface area contributed by atoms with Crippen molar-refractivity contribution in [2.45, 2.75) is 0 Å². The van der Waals surface area contributed by atoms with E-state index in [0.717, 1.165) is 107 Å². The first kappa shape index (κ1) is 37.1. The first-order chi connectivity index (χ1) is 27.5. The summed E-state index contributed by atoms with van der Waals surface area (Å²) in [4.78, 5) is 14.0. The number of aromatic amines is 1. The van der Waals surface area contributed by atoms with E-state index in [-0.39, 0.29) is 16.8 Å². The topological polar surface area (TPSA) is 83.4 Å². The average Bonchev–Trinajstić information content (AvgIpc) is 4.06. The van der Waals surface area contributed by atoms with Crippen LogP contribution in [0.1, 0.15) is 22.8 Å². The number of ether oxygens (including phenoxy) is 4. The Balaban J connectivity index is 0.00000455. The number of hydrogen-bond acceptors (Lipinski definition) is 6. The third-order valence-corrected chi connectivity index (χ3v) is 10.1. The second kappa shape index (κ2) is 15.7. The maximum atomic E-state index is 5.65. The Morgan fingerprint density at radius 2 is 0.860 bits per heavy atom. The molecule has 0 amide bonds. The molecule has 57 heavy (non-hydrogen) atoms. The van der Waals surface area contributed by atoms with Gasteiger partial charge in [0.05, 0.1) is 62.2 Å². The molecule has 9 heteroatoms. The summed E-state index contributed by atoms with van der Waals surface area (Å²) in [6, 6.07) is 43.3. The first-order valence-electron chi connectivity index (χ1n) is 18.3. The molecule has 0 saturated carbocycles. The summed E-state index contributed by atoms with van der Waals surface area (Å²) in [7, 11) is 6.74. The predicted octanol–water partition coefficient (Wildman–Crippen LogP) is 11.2. The van der Waals surface area contributed by atoms with E-state index in [1.165, 1.54) is 0 Å². The fourth-order valence-electron chi connectivity index (χ4n) is 7.43. The van der Waals surface area contributed by atoms with Crippen molar-refractivity contribution in [2.24, 2.45) is 0 Å². The third-order valence-electron chi connectivity index (χ3n) is 10.1. The molecule has 3 aromatic heterocycles. The number of H-pyrrole nitrogens is 1. The molecule has 0 aliphatic carbocycles. The predicted molar refractivity (Wildman–Crippen MR) is 226 cm³/mol. The number of rotatable bonds is 8. The quantitative estimate of drug-likeness (QED) is 0.165. The Labute approximate surface area is 340 Å². The minimum Gasteiger partial charge on any atom is -0.497 e. The Hall–Kier alpha value is -6.81. The molecule has 1 N–H and O–H groups in total. The van der Waals surface area contributed by atoms with Crippen LogP contribution in [0.5, 0.6) is 23.0 Å². The number of methoxy groups -OCH3 is 4. The van der Waals surface area contributed by atoms with E-state index < -0.39 is 0 Å². The van der Waals surface area contributed by atoms with Crippen molar-refractivity contribution in [2.75, 3.05) is 28.4 Å². The SMILES string of the molecule is COc1ccc(-c2c(-c3ccc(OC)cc3)c3c(-c4ccc(OC)cc4)c4nc(cc5ccc(cc6nc(cc2n3-c2ccc(OC)cc2)C=C6)[nH]5)C=C4)cc1.[Co]. The van der Waals surface area contributed by atoms with Gasteiger partial charge in [-0.3, -0.25) is 0 Å². The second-order valence-electron chi connectivity index (χ2n) is 13.4. The summed E-state index contributed by atoms with van der Waals surface area (Å²) >= 11 is 0. The van der Waals surface area contributed by atoms with Crippen LogP contribution in [-0.4, -0.2) is 48.0 Å². The number of fused-ring (bicyclic) bond motifs is 8. The van der Waals surface area contributed by atoms with Crippen LogP contribution in [0.3, 0.4) is 0 Å². The standard InChI is InChI=1S/C48H38N4O4.Co/c1-53-39-18-5-30(6-19-39)45-43-26-15-36(51-43)28-35-12-11-33(49-35)27-34-13-14-37(50-34)29-44-46(31-7-20-40(54-2)21-8-31)47(32-9-22-41(55-3)23-10-32)48(45)52(44)38-16-24-42(56-4)25-17-38;/h5-29,49H,1-4H3;. The van der Waals surface area contributed by atoms with Crippen LogP contribution in [0.25, 0.3) is 85.4 Å². The van der Waals surface area contributed by atoms with Crippen LogP contribution in [0, 0.1) is 0 Å². The number of aromatic nitrogens is 4. The molecule has 0 atom stereocenters. The molecule has 1 radical (unpaired) electrons. The van der Waals surface area contributed by atoms with Crippen LogP contribution in [0.4, 0.5) is 0 Å². The molecule has 0 unspecified atom stereocenters. The van der Waals surface area contributed by atoms with Crippen molar-refractivity contribution in [1.82, 2.24) is 19.5 Å². The Kier molecular flexibility index (Phi) is 10.3. The maximum Gasteiger partial charge on any atom is 0.119 e. The van der Waals surface area contributed by atoms with Crippen LogP contribution < -0.4 is 18.9 Å². The molecule has 0 fully saturated rings. The minimum absolute atomic E-state index is 0. The van der Waals surface area contributed by atoms with Gasteiger partial charge in [0.1, 0.15) is 23.0 Å². The number of nitrogens with zero attached hydrogens (tertiary/aromatic N) is 3. The van der Waals surface area contributed by atoms with Gasteiger partial charge < -0.3 is 28.5 Å². The number of hydrogen-bond donors (Lipinski definition) is 1. The zero-order valence-corrected chi connectivity index (χ0v) is 32.8. The Morgan fingerprint density at radius 3 is 1.37 bits per heavy atom. The van der Waals surface area contributed by atoms with Crippen molar-refractivity contribution in [1.29, 1.82) is 0 Å². The van der Waals surface area contributed by atoms with Crippen molar-refractivity contribution < 1.29 is 35.7 Å². The van der Waals surface area contributed by atoms with Crippen LogP contribution in [0.15, 0.2) is 127 Å². The summed E-state index contributed by atoms with van der Waals surface area (Å²) in [6.45, 7) is 0. The van der Waals surface area contributed by atoms with Crippen LogP contribution in [-0.2, 0) is 16.8 Å². The molecular formula is C48H38CoN4O4. The normalized spacial score (nSPS) is 11.6. The zero-order valence-electron chi connectivity index (χ0n) is 31.7. The molecule has 8 nitrogen and oxygen atoms in total. The van der Waals surface area contributed by atoms with E-state index >= 15 is 0 Å². The molecular weight excluding hydrogens is 755 g/mol. The van der Waals surface area contributed by atoms with Gasteiger partial charge in [0, 0.05) is 50.2 Å². The van der Waals surface area contributed by atoms with Gasteiger partial charge in [0.2, 0.25) is 0 Å². The molecule has 5 heterocycles. The zero-order chi connectivity index (χ0) is 38.2. The smallest absolute Gasteiger partial charge is 0.119 e. The fourth-order valence-corrected chi connectivity index (χ4v) is 7.43. The van der Waals surface area contributed by atoms with E-state index in [1.54, 1.807) is 28.4 Å². The molecule has 9 rings (SSSR count). The molecule has 4 aromatic carbocycles. The van der Waals surface area contributed by atoms with E-state index in [9.17, 15) is 0 Å². The summed E-state index contributed by atoms with van der Waals surface area (Å²) in [6.07, 6.45) is 8.28. The maximum absolute atomic E-state index is 5.65. The van der Waals surface area contributed by atoms with Gasteiger partial charge in [-0.25, -0.2) is 9.97 Å². The summed E-state index contributed by atoms with van der Waals surface area (Å²) < 4.78 is 24.9. The molecule has 283 valence electrons. The van der Waals surface area contributed by atoms with E-state index in [0.29, 0.717) is 0 Å². The first-order valence-corrected chi connectivity index (χ1v) is 18.3. The van der Waals surface area contributed by atoms with Gasteiger partial charge in [-0.1, -0.05) is 36.4 Å². The summed E-state index contributed by atoms with van der Waals surface area (Å²) in [5.41, 5.74) is 14.0. The monoisotopic (exact) mass is 793 g/mol. The van der Waals surface area contributed by atoms with Crippen molar-refractivity contribution in [3.05, 3.63) is 150 Å². The molecule has 0 saturated heterocycles. The van der Waals surface area contributed by atoms with Crippen LogP contribution in [0.2, 0.25) is 0 Å². The molecule has 2 aliphatic rings. The summed E-state index contributed by atoms with van der Waals surface area (Å²) in [5.74, 6) is 3.06. The summed E-state index contributed by atoms with van der Waals surface area (Å²) in [5, 5.41) is 0. The second-order valence-corrected chi connectivity index (χ2v) is 13.4. The van der Waals surface area contributed by atoms with Crippen LogP contribution >= 0.6 is 0 Å². The van der Waals surface area contributed by atoms with Gasteiger partial charge in [-0.2, -0.15) is 0 Å². The molecule has 7 aromatic rings. The van der Waals surface area contributed by atoms with Gasteiger partial charge in [0.25, 0.3) is 0 Å². The van der Waals surface area contributed by atoms with Crippen molar-refractivity contribution in [3.8, 4) is 62.1 Å². The minimum atomic E-state index is 0. The van der Waals surface area contributed by atoms with Gasteiger partial charge >= 0.3 is 0 Å². The van der Waals surface area contributed by atoms with E-state index in [4.69, 9.17) is 28.9 Å². The average molecular weight is 794 g/mol. The van der Waals surface area contributed by atoms with E-state index in [1.807, 2.05) is 54.6 Å². The third kappa shape index (κ3) is 7.10. The van der Waals surface area contributed by atoms with Gasteiger partial charge in [-0.15, -0.1) is 0 Å². The fraction of sp³-hybridized carbons (Fsp3) is 0.0833. The Morgan fingerprint density at radius 1 is 0.439 bits per heavy atom. The molecule has 2 aliphatic heterocycles. The molecule has 0 spiro atoms. The number of nitrogens with one attached hydrogen (secondary N) is 1. The van der Waals surface area contributed by atoms with Gasteiger partial charge in [-0.05, 0) is 132 Å². The van der Waals surface area contributed by atoms with Crippen molar-refractivity contribution in [3.63, 3.8) is 0 Å². The van der Waals surface area contributed by atoms with Crippen molar-refractivity contribution >= 4 is 46.4 Å². The van der Waals surface area contributed by atoms with Gasteiger partial charge in [0.15, 0.2) is 0 Å².